The molecule has 0 amide bonds. The molecule has 0 N–H and O–H groups in total. The minimum absolute atomic E-state index is 1.01. The van der Waals surface area contributed by atoms with Gasteiger partial charge in [0.05, 0.1) is 0 Å². The topological polar surface area (TPSA) is 0 Å². The average molecular weight is 256 g/mol. The Hall–Kier alpha value is 0.700. The van der Waals surface area contributed by atoms with Gasteiger partial charge in [0.15, 0.2) is 0 Å². The summed E-state index contributed by atoms with van der Waals surface area (Å²) in [6.07, 6.45) is 1.16. The first-order chi connectivity index (χ1) is 4.22. The van der Waals surface area contributed by atoms with Crippen molar-refractivity contribution in [3.05, 3.63) is 11.1 Å². The number of halogens is 2. The van der Waals surface area contributed by atoms with Crippen molar-refractivity contribution >= 4 is 31.9 Å². The van der Waals surface area contributed by atoms with Gasteiger partial charge < -0.3 is 0 Å². The third-order valence-electron chi connectivity index (χ3n) is 1.26. The first-order valence-corrected chi connectivity index (χ1v) is 5.23. The van der Waals surface area contributed by atoms with E-state index < -0.39 is 0 Å². The van der Waals surface area contributed by atoms with Gasteiger partial charge in [-0.25, -0.2) is 0 Å². The van der Waals surface area contributed by atoms with Gasteiger partial charge in [-0.05, 0) is 20.3 Å². The van der Waals surface area contributed by atoms with Gasteiger partial charge in [-0.2, -0.15) is 0 Å². The van der Waals surface area contributed by atoms with Gasteiger partial charge in [-0.3, -0.25) is 0 Å². The van der Waals surface area contributed by atoms with Crippen molar-refractivity contribution in [1.29, 1.82) is 0 Å². The van der Waals surface area contributed by atoms with Gasteiger partial charge in [0.1, 0.15) is 0 Å². The van der Waals surface area contributed by atoms with Crippen LogP contribution in [0, 0.1) is 0 Å². The fraction of sp³-hybridized carbons (Fsp3) is 0.714. The molecule has 0 nitrogen and oxygen atoms in total. The summed E-state index contributed by atoms with van der Waals surface area (Å²) in [6, 6.07) is 0. The predicted octanol–water partition coefficient (Wildman–Crippen LogP) is 3.50. The lowest BCUT2D eigenvalue weighted by molar-refractivity contribution is 1.08. The number of hydrogen-bond acceptors (Lipinski definition) is 0. The molecule has 0 unspecified atom stereocenters. The van der Waals surface area contributed by atoms with Gasteiger partial charge in [0.2, 0.25) is 0 Å². The summed E-state index contributed by atoms with van der Waals surface area (Å²) in [4.78, 5) is 0. The van der Waals surface area contributed by atoms with Crippen molar-refractivity contribution in [1.82, 2.24) is 0 Å². The standard InChI is InChI=1S/C7H12Br2/c1-6(2)7(5-9)3-4-8/h3-5H2,1-2H3. The molecule has 54 valence electrons. The summed E-state index contributed by atoms with van der Waals surface area (Å²) in [5, 5.41) is 2.08. The summed E-state index contributed by atoms with van der Waals surface area (Å²) in [5.41, 5.74) is 2.94. The van der Waals surface area contributed by atoms with E-state index in [-0.39, 0.29) is 0 Å². The average Bonchev–Trinajstić information content (AvgIpc) is 1.82. The van der Waals surface area contributed by atoms with Crippen molar-refractivity contribution in [3.63, 3.8) is 0 Å². The normalized spacial score (nSPS) is 9.33. The van der Waals surface area contributed by atoms with Crippen molar-refractivity contribution < 1.29 is 0 Å². The van der Waals surface area contributed by atoms with Crippen LogP contribution in [0.3, 0.4) is 0 Å². The molecule has 0 aliphatic heterocycles. The molecule has 0 saturated heterocycles. The summed E-state index contributed by atoms with van der Waals surface area (Å²) in [5.74, 6) is 0. The monoisotopic (exact) mass is 254 g/mol. The SMILES string of the molecule is CC(C)=C(CBr)CCBr. The lowest BCUT2D eigenvalue weighted by Crippen LogP contribution is -1.88. The van der Waals surface area contributed by atoms with E-state index in [0.29, 0.717) is 0 Å². The van der Waals surface area contributed by atoms with Gasteiger partial charge in [-0.15, -0.1) is 0 Å². The van der Waals surface area contributed by atoms with Crippen LogP contribution >= 0.6 is 31.9 Å². The summed E-state index contributed by atoms with van der Waals surface area (Å²) < 4.78 is 0. The van der Waals surface area contributed by atoms with Crippen molar-refractivity contribution in [2.24, 2.45) is 0 Å². The van der Waals surface area contributed by atoms with E-state index in [2.05, 4.69) is 45.7 Å². The van der Waals surface area contributed by atoms with E-state index in [1.807, 2.05) is 0 Å². The molecule has 0 radical (unpaired) electrons. The predicted molar refractivity (Wildman–Crippen MR) is 50.6 cm³/mol. The molecule has 0 atom stereocenters. The molecule has 0 fully saturated rings. The van der Waals surface area contributed by atoms with Gasteiger partial charge in [0.25, 0.3) is 0 Å². The molecular formula is C7H12Br2. The minimum Gasteiger partial charge on any atom is -0.0925 e. The number of hydrogen-bond donors (Lipinski definition) is 0. The summed E-state index contributed by atoms with van der Waals surface area (Å²) in [7, 11) is 0. The van der Waals surface area contributed by atoms with Crippen LogP contribution < -0.4 is 0 Å². The Morgan fingerprint density at radius 3 is 1.89 bits per heavy atom. The largest absolute Gasteiger partial charge is 0.0925 e. The molecule has 2 heteroatoms. The molecule has 0 aromatic heterocycles. The Bertz CT molecular complexity index is 101. The van der Waals surface area contributed by atoms with E-state index in [0.717, 1.165) is 17.1 Å². The highest BCUT2D eigenvalue weighted by atomic mass is 79.9. The maximum atomic E-state index is 3.44. The van der Waals surface area contributed by atoms with Crippen molar-refractivity contribution in [2.45, 2.75) is 20.3 Å². The quantitative estimate of drug-likeness (QED) is 0.535. The molecule has 0 spiro atoms. The van der Waals surface area contributed by atoms with Crippen LogP contribution in [0.1, 0.15) is 20.3 Å². The van der Waals surface area contributed by atoms with E-state index in [1.54, 1.807) is 0 Å². The molecule has 0 aromatic carbocycles. The fourth-order valence-corrected chi connectivity index (χ4v) is 1.88. The maximum absolute atomic E-state index is 3.44. The highest BCUT2D eigenvalue weighted by Gasteiger charge is 1.94. The van der Waals surface area contributed by atoms with Crippen molar-refractivity contribution in [3.8, 4) is 0 Å². The van der Waals surface area contributed by atoms with Crippen LogP contribution in [-0.4, -0.2) is 10.7 Å². The van der Waals surface area contributed by atoms with Crippen molar-refractivity contribution in [2.75, 3.05) is 10.7 Å². The molecule has 9 heavy (non-hydrogen) atoms. The lowest BCUT2D eigenvalue weighted by atomic mass is 10.1. The Morgan fingerprint density at radius 2 is 1.78 bits per heavy atom. The van der Waals surface area contributed by atoms with Gasteiger partial charge in [0, 0.05) is 10.7 Å². The van der Waals surface area contributed by atoms with Crippen LogP contribution in [0.15, 0.2) is 11.1 Å². The highest BCUT2D eigenvalue weighted by Crippen LogP contribution is 2.11. The number of alkyl halides is 2. The zero-order valence-corrected chi connectivity index (χ0v) is 9.05. The van der Waals surface area contributed by atoms with Crippen LogP contribution in [0.4, 0.5) is 0 Å². The molecule has 0 aliphatic rings. The second kappa shape index (κ2) is 5.48. The Labute approximate surface area is 74.0 Å². The van der Waals surface area contributed by atoms with E-state index >= 15 is 0 Å². The molecule has 0 heterocycles. The molecule has 0 rings (SSSR count). The zero-order valence-electron chi connectivity index (χ0n) is 5.88. The zero-order chi connectivity index (χ0) is 7.28. The lowest BCUT2D eigenvalue weighted by Gasteiger charge is -2.01. The van der Waals surface area contributed by atoms with Crippen LogP contribution in [0.2, 0.25) is 0 Å². The van der Waals surface area contributed by atoms with Gasteiger partial charge >= 0.3 is 0 Å². The number of allylic oxidation sites excluding steroid dienone is 2. The summed E-state index contributed by atoms with van der Waals surface area (Å²) in [6.45, 7) is 4.30. The molecular weight excluding hydrogens is 244 g/mol. The van der Waals surface area contributed by atoms with Crippen LogP contribution in [0.25, 0.3) is 0 Å². The maximum Gasteiger partial charge on any atom is 0.0244 e. The Balaban J connectivity index is 3.83. The molecule has 0 aliphatic carbocycles. The van der Waals surface area contributed by atoms with Gasteiger partial charge in [-0.1, -0.05) is 43.0 Å². The Kier molecular flexibility index (Phi) is 5.91. The Morgan fingerprint density at radius 1 is 1.22 bits per heavy atom. The third-order valence-corrected chi connectivity index (χ3v) is 2.34. The smallest absolute Gasteiger partial charge is 0.0244 e. The molecule has 0 saturated carbocycles. The van der Waals surface area contributed by atoms with E-state index in [4.69, 9.17) is 0 Å². The minimum atomic E-state index is 1.01. The second-order valence-corrected chi connectivity index (χ2v) is 3.53. The van der Waals surface area contributed by atoms with Crippen LogP contribution in [-0.2, 0) is 0 Å². The summed E-state index contributed by atoms with van der Waals surface area (Å²) >= 11 is 6.84. The first-order valence-electron chi connectivity index (χ1n) is 2.99. The fourth-order valence-electron chi connectivity index (χ4n) is 0.565. The first kappa shape index (κ1) is 9.70. The molecule has 0 bridgehead atoms. The highest BCUT2D eigenvalue weighted by molar-refractivity contribution is 9.09. The molecule has 0 aromatic rings. The van der Waals surface area contributed by atoms with E-state index in [1.165, 1.54) is 11.1 Å². The number of rotatable bonds is 3. The third kappa shape index (κ3) is 4.15. The second-order valence-electron chi connectivity index (χ2n) is 2.18. The van der Waals surface area contributed by atoms with Crippen LogP contribution in [0.5, 0.6) is 0 Å². The van der Waals surface area contributed by atoms with E-state index in [9.17, 15) is 0 Å².